The van der Waals surface area contributed by atoms with Crippen molar-refractivity contribution in [3.8, 4) is 17.2 Å². The zero-order valence-electron chi connectivity index (χ0n) is 15.6. The van der Waals surface area contributed by atoms with E-state index in [1.165, 1.54) is 7.11 Å². The number of oxazole rings is 1. The number of amides is 1. The summed E-state index contributed by atoms with van der Waals surface area (Å²) in [6, 6.07) is 16.2. The van der Waals surface area contributed by atoms with Crippen molar-refractivity contribution in [3.63, 3.8) is 0 Å². The third-order valence-corrected chi connectivity index (χ3v) is 5.23. The molecule has 0 fully saturated rings. The largest absolute Gasteiger partial charge is 0.496 e. The van der Waals surface area contributed by atoms with Gasteiger partial charge in [-0.05, 0) is 61.0 Å². The number of benzene rings is 3. The molecule has 0 saturated heterocycles. The third-order valence-electron chi connectivity index (χ3n) is 4.40. The first-order valence-electron chi connectivity index (χ1n) is 8.76. The minimum Gasteiger partial charge on any atom is -0.496 e. The number of rotatable bonds is 4. The highest BCUT2D eigenvalue weighted by Gasteiger charge is 2.16. The Kier molecular flexibility index (Phi) is 5.30. The normalized spacial score (nSPS) is 10.9. The van der Waals surface area contributed by atoms with E-state index >= 15 is 0 Å². The zero-order valence-corrected chi connectivity index (χ0v) is 18.0. The Morgan fingerprint density at radius 2 is 1.97 bits per heavy atom. The SMILES string of the molecule is COc1ccc(Br)cc1C(=O)Nc1ccc(Cl)c(-c2nc3ccc(C)cc3o2)c1. The standard InChI is InChI=1S/C22H16BrClN2O3/c1-12-3-7-18-20(9-12)29-22(26-18)15-11-14(5-6-17(15)24)25-21(27)16-10-13(23)4-8-19(16)28-2/h3-11H,1-2H3,(H,25,27). The lowest BCUT2D eigenvalue weighted by Crippen LogP contribution is -2.13. The zero-order chi connectivity index (χ0) is 20.5. The molecule has 7 heteroatoms. The summed E-state index contributed by atoms with van der Waals surface area (Å²) < 4.78 is 11.9. The summed E-state index contributed by atoms with van der Waals surface area (Å²) in [4.78, 5) is 17.3. The smallest absolute Gasteiger partial charge is 0.259 e. The number of hydrogen-bond donors (Lipinski definition) is 1. The predicted octanol–water partition coefficient (Wildman–Crippen LogP) is 6.48. The maximum Gasteiger partial charge on any atom is 0.259 e. The van der Waals surface area contributed by atoms with Crippen LogP contribution < -0.4 is 10.1 Å². The summed E-state index contributed by atoms with van der Waals surface area (Å²) >= 11 is 9.75. The van der Waals surface area contributed by atoms with E-state index < -0.39 is 0 Å². The van der Waals surface area contributed by atoms with Crippen molar-refractivity contribution in [2.24, 2.45) is 0 Å². The molecule has 1 N–H and O–H groups in total. The van der Waals surface area contributed by atoms with E-state index in [1.54, 1.807) is 30.3 Å². The number of halogens is 2. The van der Waals surface area contributed by atoms with Gasteiger partial charge < -0.3 is 14.5 Å². The van der Waals surface area contributed by atoms with Gasteiger partial charge in [-0.25, -0.2) is 4.98 Å². The molecule has 29 heavy (non-hydrogen) atoms. The lowest BCUT2D eigenvalue weighted by molar-refractivity contribution is 0.102. The second kappa shape index (κ2) is 7.89. The molecule has 3 aromatic carbocycles. The number of carbonyl (C=O) groups is 1. The van der Waals surface area contributed by atoms with Crippen molar-refractivity contribution in [1.29, 1.82) is 0 Å². The minimum absolute atomic E-state index is 0.301. The topological polar surface area (TPSA) is 64.4 Å². The van der Waals surface area contributed by atoms with Crippen LogP contribution in [-0.2, 0) is 0 Å². The first-order valence-corrected chi connectivity index (χ1v) is 9.93. The molecule has 0 saturated carbocycles. The highest BCUT2D eigenvalue weighted by atomic mass is 79.9. The van der Waals surface area contributed by atoms with E-state index in [2.05, 4.69) is 26.2 Å². The molecule has 0 aliphatic heterocycles. The van der Waals surface area contributed by atoms with Crippen molar-refractivity contribution >= 4 is 50.2 Å². The summed E-state index contributed by atoms with van der Waals surface area (Å²) in [6.45, 7) is 1.99. The average Bonchev–Trinajstić information content (AvgIpc) is 3.12. The highest BCUT2D eigenvalue weighted by molar-refractivity contribution is 9.10. The minimum atomic E-state index is -0.301. The van der Waals surface area contributed by atoms with Gasteiger partial charge in [-0.3, -0.25) is 4.79 Å². The molecule has 1 aromatic heterocycles. The average molecular weight is 472 g/mol. The Labute approximate surface area is 180 Å². The molecule has 0 aliphatic carbocycles. The molecule has 0 atom stereocenters. The highest BCUT2D eigenvalue weighted by Crippen LogP contribution is 2.33. The van der Waals surface area contributed by atoms with Gasteiger partial charge in [0, 0.05) is 10.2 Å². The summed E-state index contributed by atoms with van der Waals surface area (Å²) in [7, 11) is 1.52. The van der Waals surface area contributed by atoms with Crippen LogP contribution in [-0.4, -0.2) is 18.0 Å². The molecule has 5 nitrogen and oxygen atoms in total. The molecule has 0 aliphatic rings. The Hall–Kier alpha value is -2.83. The van der Waals surface area contributed by atoms with Crippen LogP contribution in [0.5, 0.6) is 5.75 Å². The van der Waals surface area contributed by atoms with Crippen LogP contribution in [0.3, 0.4) is 0 Å². The van der Waals surface area contributed by atoms with Gasteiger partial charge in [-0.1, -0.05) is 33.6 Å². The summed E-state index contributed by atoms with van der Waals surface area (Å²) in [5, 5.41) is 3.35. The fourth-order valence-electron chi connectivity index (χ4n) is 2.97. The second-order valence-corrected chi connectivity index (χ2v) is 7.81. The van der Waals surface area contributed by atoms with E-state index in [-0.39, 0.29) is 5.91 Å². The lowest BCUT2D eigenvalue weighted by Gasteiger charge is -2.11. The first-order chi connectivity index (χ1) is 13.9. The first kappa shape index (κ1) is 19.5. The number of aryl methyl sites for hydroxylation is 1. The number of ether oxygens (including phenoxy) is 1. The van der Waals surface area contributed by atoms with E-state index in [9.17, 15) is 4.79 Å². The quantitative estimate of drug-likeness (QED) is 0.370. The fraction of sp³-hybridized carbons (Fsp3) is 0.0909. The molecule has 4 rings (SSSR count). The van der Waals surface area contributed by atoms with Gasteiger partial charge in [0.05, 0.1) is 23.3 Å². The van der Waals surface area contributed by atoms with Crippen LogP contribution in [0.4, 0.5) is 5.69 Å². The van der Waals surface area contributed by atoms with Crippen molar-refractivity contribution in [3.05, 3.63) is 75.2 Å². The van der Waals surface area contributed by atoms with Crippen LogP contribution in [0.25, 0.3) is 22.6 Å². The molecular weight excluding hydrogens is 456 g/mol. The Balaban J connectivity index is 1.68. The van der Waals surface area contributed by atoms with Gasteiger partial charge in [0.1, 0.15) is 11.3 Å². The van der Waals surface area contributed by atoms with Crippen molar-refractivity contribution in [1.82, 2.24) is 4.98 Å². The summed E-state index contributed by atoms with van der Waals surface area (Å²) in [5.41, 5.74) is 4.08. The molecule has 1 amide bonds. The molecule has 1 heterocycles. The number of fused-ring (bicyclic) bond motifs is 1. The fourth-order valence-corrected chi connectivity index (χ4v) is 3.53. The van der Waals surface area contributed by atoms with E-state index in [1.807, 2.05) is 31.2 Å². The number of methoxy groups -OCH3 is 1. The second-order valence-electron chi connectivity index (χ2n) is 6.48. The summed E-state index contributed by atoms with van der Waals surface area (Å²) in [5.74, 6) is 0.575. The molecule has 0 unspecified atom stereocenters. The van der Waals surface area contributed by atoms with Crippen molar-refractivity contribution < 1.29 is 13.9 Å². The molecule has 4 aromatic rings. The van der Waals surface area contributed by atoms with Crippen LogP contribution in [0.2, 0.25) is 5.02 Å². The molecule has 0 radical (unpaired) electrons. The molecule has 0 bridgehead atoms. The molecular formula is C22H16BrClN2O3. The Bertz CT molecular complexity index is 1240. The van der Waals surface area contributed by atoms with E-state index in [0.29, 0.717) is 39.1 Å². The monoisotopic (exact) mass is 470 g/mol. The van der Waals surface area contributed by atoms with Gasteiger partial charge in [0.2, 0.25) is 5.89 Å². The third kappa shape index (κ3) is 3.99. The van der Waals surface area contributed by atoms with Crippen LogP contribution in [0.1, 0.15) is 15.9 Å². The van der Waals surface area contributed by atoms with E-state index in [4.69, 9.17) is 20.8 Å². The van der Waals surface area contributed by atoms with Crippen molar-refractivity contribution in [2.75, 3.05) is 12.4 Å². The Morgan fingerprint density at radius 3 is 2.76 bits per heavy atom. The number of carbonyl (C=O) groups excluding carboxylic acids is 1. The molecule has 146 valence electrons. The number of nitrogens with zero attached hydrogens (tertiary/aromatic N) is 1. The number of hydrogen-bond acceptors (Lipinski definition) is 4. The van der Waals surface area contributed by atoms with Gasteiger partial charge in [-0.2, -0.15) is 0 Å². The van der Waals surface area contributed by atoms with Gasteiger partial charge >= 0.3 is 0 Å². The van der Waals surface area contributed by atoms with Gasteiger partial charge in [-0.15, -0.1) is 0 Å². The Morgan fingerprint density at radius 1 is 1.14 bits per heavy atom. The van der Waals surface area contributed by atoms with Crippen LogP contribution >= 0.6 is 27.5 Å². The summed E-state index contributed by atoms with van der Waals surface area (Å²) in [6.07, 6.45) is 0. The van der Waals surface area contributed by atoms with Crippen LogP contribution in [0.15, 0.2) is 63.5 Å². The number of nitrogens with one attached hydrogen (secondary N) is 1. The van der Waals surface area contributed by atoms with Crippen molar-refractivity contribution in [2.45, 2.75) is 6.92 Å². The van der Waals surface area contributed by atoms with Gasteiger partial charge in [0.15, 0.2) is 5.58 Å². The number of anilines is 1. The van der Waals surface area contributed by atoms with Crippen LogP contribution in [0, 0.1) is 6.92 Å². The molecule has 0 spiro atoms. The predicted molar refractivity (Wildman–Crippen MR) is 118 cm³/mol. The van der Waals surface area contributed by atoms with Gasteiger partial charge in [0.25, 0.3) is 5.91 Å². The lowest BCUT2D eigenvalue weighted by atomic mass is 10.1. The maximum absolute atomic E-state index is 12.8. The maximum atomic E-state index is 12.8. The number of aromatic nitrogens is 1. The van der Waals surface area contributed by atoms with E-state index in [0.717, 1.165) is 15.6 Å².